The minimum absolute atomic E-state index is 0.142. The molecule has 0 saturated heterocycles. The van der Waals surface area contributed by atoms with Gasteiger partial charge in [0.1, 0.15) is 16.8 Å². The summed E-state index contributed by atoms with van der Waals surface area (Å²) in [5.74, 6) is 0.784. The molecule has 1 aliphatic heterocycles. The van der Waals surface area contributed by atoms with Crippen LogP contribution >= 0.6 is 27.7 Å². The molecule has 0 atom stereocenters. The normalized spacial score (nSPS) is 13.2. The van der Waals surface area contributed by atoms with Crippen molar-refractivity contribution in [3.63, 3.8) is 0 Å². The van der Waals surface area contributed by atoms with Crippen LogP contribution in [0.2, 0.25) is 0 Å². The second-order valence-electron chi connectivity index (χ2n) is 7.76. The molecule has 1 N–H and O–H groups in total. The SMILES string of the molecule is COc1ccc(-c2c(C#N)c(SCC(=O)Nc3ccc(Br)cc3)nc3c2CN(C)CC3)cc1. The molecule has 8 heteroatoms. The van der Waals surface area contributed by atoms with Crippen LogP contribution in [0.4, 0.5) is 5.69 Å². The number of aromatic nitrogens is 1. The molecule has 0 unspecified atom stereocenters. The van der Waals surface area contributed by atoms with Crippen LogP contribution in [0, 0.1) is 11.3 Å². The molecule has 3 aromatic rings. The van der Waals surface area contributed by atoms with Gasteiger partial charge in [-0.3, -0.25) is 4.79 Å². The van der Waals surface area contributed by atoms with Crippen LogP contribution in [-0.4, -0.2) is 42.2 Å². The van der Waals surface area contributed by atoms with E-state index in [0.717, 1.165) is 57.8 Å². The zero-order valence-electron chi connectivity index (χ0n) is 18.4. The molecule has 0 aliphatic carbocycles. The number of methoxy groups -OCH3 is 1. The Balaban J connectivity index is 1.65. The van der Waals surface area contributed by atoms with E-state index in [2.05, 4.69) is 39.3 Å². The van der Waals surface area contributed by atoms with Crippen molar-refractivity contribution in [1.82, 2.24) is 9.88 Å². The summed E-state index contributed by atoms with van der Waals surface area (Å²) in [6.07, 6.45) is 0.805. The number of nitriles is 1. The summed E-state index contributed by atoms with van der Waals surface area (Å²) in [6, 6.07) is 17.5. The second kappa shape index (κ2) is 10.4. The number of anilines is 1. The lowest BCUT2D eigenvalue weighted by molar-refractivity contribution is -0.113. The summed E-state index contributed by atoms with van der Waals surface area (Å²) < 4.78 is 6.25. The number of pyridine rings is 1. The number of carbonyl (C=O) groups is 1. The highest BCUT2D eigenvalue weighted by atomic mass is 79.9. The van der Waals surface area contributed by atoms with Crippen molar-refractivity contribution in [3.05, 3.63) is 69.8 Å². The van der Waals surface area contributed by atoms with E-state index in [1.165, 1.54) is 11.8 Å². The number of carbonyl (C=O) groups excluding carboxylic acids is 1. The molecule has 33 heavy (non-hydrogen) atoms. The summed E-state index contributed by atoms with van der Waals surface area (Å²) in [7, 11) is 3.70. The van der Waals surface area contributed by atoms with Crippen molar-refractivity contribution >= 4 is 39.3 Å². The van der Waals surface area contributed by atoms with Gasteiger partial charge in [0.15, 0.2) is 0 Å². The number of nitrogens with zero attached hydrogens (tertiary/aromatic N) is 3. The van der Waals surface area contributed by atoms with Gasteiger partial charge < -0.3 is 15.0 Å². The zero-order chi connectivity index (χ0) is 23.4. The van der Waals surface area contributed by atoms with Crippen molar-refractivity contribution in [2.45, 2.75) is 18.0 Å². The van der Waals surface area contributed by atoms with Crippen molar-refractivity contribution in [1.29, 1.82) is 5.26 Å². The van der Waals surface area contributed by atoms with Crippen LogP contribution in [0.3, 0.4) is 0 Å². The van der Waals surface area contributed by atoms with Gasteiger partial charge in [-0.25, -0.2) is 4.98 Å². The van der Waals surface area contributed by atoms with Crippen LogP contribution in [0.5, 0.6) is 5.75 Å². The lowest BCUT2D eigenvalue weighted by atomic mass is 9.92. The molecule has 4 rings (SSSR count). The van der Waals surface area contributed by atoms with Gasteiger partial charge in [-0.15, -0.1) is 0 Å². The average Bonchev–Trinajstić information content (AvgIpc) is 2.83. The number of halogens is 1. The Hall–Kier alpha value is -2.86. The molecule has 1 amide bonds. The van der Waals surface area contributed by atoms with E-state index in [0.29, 0.717) is 10.6 Å². The van der Waals surface area contributed by atoms with Gasteiger partial charge in [0.05, 0.1) is 18.4 Å². The first-order valence-corrected chi connectivity index (χ1v) is 12.2. The summed E-state index contributed by atoms with van der Waals surface area (Å²) in [4.78, 5) is 19.6. The first kappa shape index (κ1) is 23.3. The summed E-state index contributed by atoms with van der Waals surface area (Å²) in [5, 5.41) is 13.6. The first-order chi connectivity index (χ1) is 16.0. The largest absolute Gasteiger partial charge is 0.497 e. The van der Waals surface area contributed by atoms with E-state index in [1.807, 2.05) is 48.5 Å². The van der Waals surface area contributed by atoms with Crippen molar-refractivity contribution < 1.29 is 9.53 Å². The van der Waals surface area contributed by atoms with Gasteiger partial charge in [-0.2, -0.15) is 5.26 Å². The molecule has 168 valence electrons. The Morgan fingerprint density at radius 1 is 1.24 bits per heavy atom. The van der Waals surface area contributed by atoms with Crippen molar-refractivity contribution in [3.8, 4) is 22.9 Å². The fourth-order valence-corrected chi connectivity index (χ4v) is 4.89. The number of nitrogens with one attached hydrogen (secondary N) is 1. The van der Waals surface area contributed by atoms with Gasteiger partial charge in [-0.1, -0.05) is 39.8 Å². The highest BCUT2D eigenvalue weighted by molar-refractivity contribution is 9.10. The maximum Gasteiger partial charge on any atom is 0.234 e. The summed E-state index contributed by atoms with van der Waals surface area (Å²) in [5.41, 5.74) is 5.15. The minimum Gasteiger partial charge on any atom is -0.497 e. The Kier molecular flexibility index (Phi) is 7.33. The average molecular weight is 523 g/mol. The number of thioether (sulfide) groups is 1. The van der Waals surface area contributed by atoms with Gasteiger partial charge in [0.25, 0.3) is 0 Å². The topological polar surface area (TPSA) is 78.2 Å². The standard InChI is InChI=1S/C25H23BrN4O2S/c1-30-12-11-22-21(14-30)24(16-3-9-19(32-2)10-4-16)20(13-27)25(29-22)33-15-23(31)28-18-7-5-17(26)6-8-18/h3-10H,11-12,14-15H2,1-2H3,(H,28,31). The molecule has 1 aromatic heterocycles. The third-order valence-electron chi connectivity index (χ3n) is 5.47. The molecule has 6 nitrogen and oxygen atoms in total. The highest BCUT2D eigenvalue weighted by Crippen LogP contribution is 2.37. The van der Waals surface area contributed by atoms with E-state index in [9.17, 15) is 10.1 Å². The van der Waals surface area contributed by atoms with Crippen LogP contribution in [0.1, 0.15) is 16.8 Å². The lowest BCUT2D eigenvalue weighted by Crippen LogP contribution is -2.28. The van der Waals surface area contributed by atoms with Crippen LogP contribution in [0.25, 0.3) is 11.1 Å². The lowest BCUT2D eigenvalue weighted by Gasteiger charge is -2.28. The quantitative estimate of drug-likeness (QED) is 0.453. The molecule has 0 fully saturated rings. The number of ether oxygens (including phenoxy) is 1. The van der Waals surface area contributed by atoms with Crippen LogP contribution in [0.15, 0.2) is 58.0 Å². The van der Waals surface area contributed by atoms with E-state index in [-0.39, 0.29) is 11.7 Å². The van der Waals surface area contributed by atoms with Gasteiger partial charge in [-0.05, 0) is 54.6 Å². The van der Waals surface area contributed by atoms with Crippen LogP contribution < -0.4 is 10.1 Å². The number of rotatable bonds is 6. The molecule has 2 aromatic carbocycles. The maximum absolute atomic E-state index is 12.6. The smallest absolute Gasteiger partial charge is 0.234 e. The number of benzene rings is 2. The molecule has 1 aliphatic rings. The molecular formula is C25H23BrN4O2S. The third-order valence-corrected chi connectivity index (χ3v) is 6.97. The molecule has 2 heterocycles. The fraction of sp³-hybridized carbons (Fsp3) is 0.240. The zero-order valence-corrected chi connectivity index (χ0v) is 20.8. The predicted octanol–water partition coefficient (Wildman–Crippen LogP) is 5.11. The van der Waals surface area contributed by atoms with Crippen molar-refractivity contribution in [2.24, 2.45) is 0 Å². The molecule has 0 spiro atoms. The van der Waals surface area contributed by atoms with Gasteiger partial charge in [0.2, 0.25) is 5.91 Å². The molecule has 0 bridgehead atoms. The molecule has 0 saturated carbocycles. The second-order valence-corrected chi connectivity index (χ2v) is 9.64. The van der Waals surface area contributed by atoms with Gasteiger partial charge in [0, 0.05) is 40.9 Å². The van der Waals surface area contributed by atoms with E-state index in [4.69, 9.17) is 9.72 Å². The van der Waals surface area contributed by atoms with E-state index >= 15 is 0 Å². The molecule has 0 radical (unpaired) electrons. The number of likely N-dealkylation sites (N-methyl/N-ethyl adjacent to an activating group) is 1. The number of hydrogen-bond acceptors (Lipinski definition) is 6. The monoisotopic (exact) mass is 522 g/mol. The first-order valence-electron chi connectivity index (χ1n) is 10.5. The summed E-state index contributed by atoms with van der Waals surface area (Å²) in [6.45, 7) is 1.63. The Bertz CT molecular complexity index is 1210. The number of amides is 1. The Morgan fingerprint density at radius 3 is 2.64 bits per heavy atom. The number of fused-ring (bicyclic) bond motifs is 1. The minimum atomic E-state index is -0.142. The fourth-order valence-electron chi connectivity index (χ4n) is 3.82. The Morgan fingerprint density at radius 2 is 1.97 bits per heavy atom. The van der Waals surface area contributed by atoms with Crippen molar-refractivity contribution in [2.75, 3.05) is 31.8 Å². The highest BCUT2D eigenvalue weighted by Gasteiger charge is 2.25. The van der Waals surface area contributed by atoms with Gasteiger partial charge >= 0.3 is 0 Å². The van der Waals surface area contributed by atoms with Crippen LogP contribution in [-0.2, 0) is 17.8 Å². The number of hydrogen-bond donors (Lipinski definition) is 1. The Labute approximate surface area is 206 Å². The third kappa shape index (κ3) is 5.38. The molecular weight excluding hydrogens is 500 g/mol. The van der Waals surface area contributed by atoms with E-state index < -0.39 is 0 Å². The predicted molar refractivity (Wildman–Crippen MR) is 134 cm³/mol. The maximum atomic E-state index is 12.6. The summed E-state index contributed by atoms with van der Waals surface area (Å²) >= 11 is 4.69. The van der Waals surface area contributed by atoms with E-state index in [1.54, 1.807) is 7.11 Å².